The number of halogens is 3. The van der Waals surface area contributed by atoms with Crippen LogP contribution in [0.4, 0.5) is 13.2 Å². The van der Waals surface area contributed by atoms with E-state index in [0.717, 1.165) is 46.6 Å². The summed E-state index contributed by atoms with van der Waals surface area (Å²) in [5, 5.41) is 9.41. The van der Waals surface area contributed by atoms with Gasteiger partial charge in [-0.15, -0.1) is 0 Å². The monoisotopic (exact) mass is 460 g/mol. The van der Waals surface area contributed by atoms with E-state index in [2.05, 4.69) is 23.2 Å². The van der Waals surface area contributed by atoms with Crippen LogP contribution in [0.1, 0.15) is 28.1 Å². The molecule has 172 valence electrons. The first-order valence-electron chi connectivity index (χ1n) is 10.8. The van der Waals surface area contributed by atoms with Gasteiger partial charge >= 0.3 is 6.18 Å². The largest absolute Gasteiger partial charge is 0.416 e. The van der Waals surface area contributed by atoms with Gasteiger partial charge in [-0.05, 0) is 66.4 Å². The normalized spacial score (nSPS) is 11.4. The van der Waals surface area contributed by atoms with E-state index in [1.165, 1.54) is 12.1 Å². The van der Waals surface area contributed by atoms with Crippen LogP contribution >= 0.6 is 0 Å². The number of nitriles is 1. The fourth-order valence-electron chi connectivity index (χ4n) is 3.91. The molecule has 0 radical (unpaired) electrons. The Balaban J connectivity index is 1.66. The third-order valence-electron chi connectivity index (χ3n) is 5.76. The van der Waals surface area contributed by atoms with Crippen molar-refractivity contribution in [2.45, 2.75) is 26.1 Å². The summed E-state index contributed by atoms with van der Waals surface area (Å²) in [7, 11) is 0. The summed E-state index contributed by atoms with van der Waals surface area (Å²) in [6, 6.07) is 21.0. The minimum Gasteiger partial charge on any atom is -0.330 e. The smallest absolute Gasteiger partial charge is 0.330 e. The summed E-state index contributed by atoms with van der Waals surface area (Å²) in [4.78, 5) is 4.55. The van der Waals surface area contributed by atoms with E-state index < -0.39 is 11.7 Å². The zero-order valence-electron chi connectivity index (χ0n) is 18.6. The van der Waals surface area contributed by atoms with E-state index in [-0.39, 0.29) is 0 Å². The molecule has 4 nitrogen and oxygen atoms in total. The van der Waals surface area contributed by atoms with Crippen molar-refractivity contribution in [2.24, 2.45) is 5.73 Å². The Morgan fingerprint density at radius 1 is 0.971 bits per heavy atom. The predicted molar refractivity (Wildman–Crippen MR) is 126 cm³/mol. The standard InChI is InChI=1S/C27H23F3N4/c1-18-33-26(22-7-9-24(10-8-22)27(28,29)30)17-34(18)16-23-14-20(15-32)4-11-25(23)21-5-2-19(3-6-21)12-13-31/h2-11,14,17H,12-13,16,31H2,1H3. The van der Waals surface area contributed by atoms with Crippen LogP contribution in [0.2, 0.25) is 0 Å². The fraction of sp³-hybridized carbons (Fsp3) is 0.185. The van der Waals surface area contributed by atoms with Gasteiger partial charge in [0.1, 0.15) is 5.82 Å². The van der Waals surface area contributed by atoms with Crippen molar-refractivity contribution >= 4 is 0 Å². The van der Waals surface area contributed by atoms with Crippen LogP contribution in [0.5, 0.6) is 0 Å². The molecular weight excluding hydrogens is 437 g/mol. The lowest BCUT2D eigenvalue weighted by atomic mass is 9.96. The van der Waals surface area contributed by atoms with Gasteiger partial charge in [0.05, 0.1) is 22.9 Å². The fourth-order valence-corrected chi connectivity index (χ4v) is 3.91. The minimum atomic E-state index is -4.38. The Kier molecular flexibility index (Phi) is 6.53. The summed E-state index contributed by atoms with van der Waals surface area (Å²) < 4.78 is 40.6. The molecule has 3 aromatic carbocycles. The van der Waals surface area contributed by atoms with Gasteiger partial charge in [0, 0.05) is 18.3 Å². The van der Waals surface area contributed by atoms with Gasteiger partial charge in [-0.1, -0.05) is 42.5 Å². The van der Waals surface area contributed by atoms with Gasteiger partial charge < -0.3 is 10.3 Å². The van der Waals surface area contributed by atoms with E-state index in [1.807, 2.05) is 42.0 Å². The van der Waals surface area contributed by atoms with Crippen molar-refractivity contribution < 1.29 is 13.2 Å². The molecule has 0 saturated carbocycles. The molecule has 2 N–H and O–H groups in total. The second-order valence-corrected chi connectivity index (χ2v) is 8.10. The summed E-state index contributed by atoms with van der Waals surface area (Å²) in [6.07, 6.45) is -1.74. The van der Waals surface area contributed by atoms with Crippen molar-refractivity contribution in [3.63, 3.8) is 0 Å². The molecule has 4 rings (SSSR count). The van der Waals surface area contributed by atoms with Crippen LogP contribution in [-0.4, -0.2) is 16.1 Å². The van der Waals surface area contributed by atoms with Gasteiger partial charge in [0.2, 0.25) is 0 Å². The summed E-state index contributed by atoms with van der Waals surface area (Å²) >= 11 is 0. The number of hydrogen-bond donors (Lipinski definition) is 1. The molecule has 0 aliphatic heterocycles. The average Bonchev–Trinajstić information content (AvgIpc) is 3.19. The quantitative estimate of drug-likeness (QED) is 0.386. The van der Waals surface area contributed by atoms with Crippen LogP contribution < -0.4 is 5.73 Å². The maximum absolute atomic E-state index is 12.9. The number of aryl methyl sites for hydroxylation is 1. The van der Waals surface area contributed by atoms with Crippen molar-refractivity contribution in [3.8, 4) is 28.5 Å². The highest BCUT2D eigenvalue weighted by atomic mass is 19.4. The second-order valence-electron chi connectivity index (χ2n) is 8.10. The molecule has 0 bridgehead atoms. The second kappa shape index (κ2) is 9.54. The molecule has 34 heavy (non-hydrogen) atoms. The third kappa shape index (κ3) is 5.03. The van der Waals surface area contributed by atoms with Crippen LogP contribution in [-0.2, 0) is 19.1 Å². The Hall–Kier alpha value is -3.89. The van der Waals surface area contributed by atoms with E-state index >= 15 is 0 Å². The van der Waals surface area contributed by atoms with Crippen molar-refractivity contribution in [3.05, 3.63) is 101 Å². The molecule has 0 saturated heterocycles. The first-order chi connectivity index (χ1) is 16.3. The summed E-state index contributed by atoms with van der Waals surface area (Å²) in [5.41, 5.74) is 10.9. The molecule has 0 fully saturated rings. The molecule has 0 amide bonds. The molecule has 0 atom stereocenters. The van der Waals surface area contributed by atoms with Crippen molar-refractivity contribution in [1.29, 1.82) is 5.26 Å². The highest BCUT2D eigenvalue weighted by Crippen LogP contribution is 2.31. The number of imidazole rings is 1. The molecule has 1 heterocycles. The predicted octanol–water partition coefficient (Wildman–Crippen LogP) is 5.97. The average molecular weight is 461 g/mol. The van der Waals surface area contributed by atoms with E-state index in [9.17, 15) is 18.4 Å². The molecular formula is C27H23F3N4. The van der Waals surface area contributed by atoms with Gasteiger partial charge in [0.15, 0.2) is 0 Å². The number of aromatic nitrogens is 2. The van der Waals surface area contributed by atoms with E-state index in [1.54, 1.807) is 6.07 Å². The lowest BCUT2D eigenvalue weighted by Gasteiger charge is -2.13. The Morgan fingerprint density at radius 3 is 2.26 bits per heavy atom. The molecule has 0 aliphatic carbocycles. The number of nitrogens with two attached hydrogens (primary N) is 1. The number of rotatable bonds is 6. The summed E-state index contributed by atoms with van der Waals surface area (Å²) in [6.45, 7) is 2.90. The van der Waals surface area contributed by atoms with Crippen LogP contribution in [0.25, 0.3) is 22.4 Å². The molecule has 7 heteroatoms. The van der Waals surface area contributed by atoms with Gasteiger partial charge in [0.25, 0.3) is 0 Å². The van der Waals surface area contributed by atoms with Crippen LogP contribution in [0.3, 0.4) is 0 Å². The SMILES string of the molecule is Cc1nc(-c2ccc(C(F)(F)F)cc2)cn1Cc1cc(C#N)ccc1-c1ccc(CCN)cc1. The molecule has 0 spiro atoms. The minimum absolute atomic E-state index is 0.467. The maximum atomic E-state index is 12.9. The van der Waals surface area contributed by atoms with Gasteiger partial charge in [-0.25, -0.2) is 4.98 Å². The highest BCUT2D eigenvalue weighted by molar-refractivity contribution is 5.69. The zero-order chi connectivity index (χ0) is 24.3. The van der Waals surface area contributed by atoms with Crippen LogP contribution in [0.15, 0.2) is 72.9 Å². The number of alkyl halides is 3. The van der Waals surface area contributed by atoms with E-state index in [0.29, 0.717) is 29.9 Å². The molecule has 0 unspecified atom stereocenters. The number of benzene rings is 3. The molecule has 4 aromatic rings. The number of nitrogens with zero attached hydrogens (tertiary/aromatic N) is 3. The summed E-state index contributed by atoms with van der Waals surface area (Å²) in [5.74, 6) is 0.724. The zero-order valence-corrected chi connectivity index (χ0v) is 18.6. The first-order valence-corrected chi connectivity index (χ1v) is 10.8. The van der Waals surface area contributed by atoms with Crippen molar-refractivity contribution in [2.75, 3.05) is 6.54 Å². The third-order valence-corrected chi connectivity index (χ3v) is 5.76. The Labute approximate surface area is 196 Å². The number of hydrogen-bond acceptors (Lipinski definition) is 3. The first kappa shape index (κ1) is 23.3. The van der Waals surface area contributed by atoms with E-state index in [4.69, 9.17) is 5.73 Å². The molecule has 0 aliphatic rings. The lowest BCUT2D eigenvalue weighted by molar-refractivity contribution is -0.137. The van der Waals surface area contributed by atoms with Gasteiger partial charge in [-0.2, -0.15) is 18.4 Å². The van der Waals surface area contributed by atoms with Crippen LogP contribution in [0, 0.1) is 18.3 Å². The van der Waals surface area contributed by atoms with Crippen molar-refractivity contribution in [1.82, 2.24) is 9.55 Å². The van der Waals surface area contributed by atoms with Gasteiger partial charge in [-0.3, -0.25) is 0 Å². The maximum Gasteiger partial charge on any atom is 0.416 e. The molecule has 1 aromatic heterocycles. The Morgan fingerprint density at radius 2 is 1.65 bits per heavy atom. The Bertz CT molecular complexity index is 1330. The topological polar surface area (TPSA) is 67.6 Å². The lowest BCUT2D eigenvalue weighted by Crippen LogP contribution is -2.04. The highest BCUT2D eigenvalue weighted by Gasteiger charge is 2.30.